The second-order valence-electron chi connectivity index (χ2n) is 9.84. The van der Waals surface area contributed by atoms with Crippen LogP contribution < -0.4 is 14.4 Å². The largest absolute Gasteiger partial charge is 0.492 e. The monoisotopic (exact) mass is 611 g/mol. The van der Waals surface area contributed by atoms with Gasteiger partial charge in [0.05, 0.1) is 17.2 Å². The first kappa shape index (κ1) is 33.0. The van der Waals surface area contributed by atoms with Crippen molar-refractivity contribution in [3.63, 3.8) is 0 Å². The maximum absolute atomic E-state index is 14.2. The third-order valence-electron chi connectivity index (χ3n) is 6.94. The minimum atomic E-state index is -4.20. The summed E-state index contributed by atoms with van der Waals surface area (Å²) in [6, 6.07) is 21.8. The Labute approximate surface area is 254 Å². The lowest BCUT2D eigenvalue weighted by Crippen LogP contribution is -2.53. The van der Waals surface area contributed by atoms with E-state index in [4.69, 9.17) is 4.74 Å². The minimum Gasteiger partial charge on any atom is -0.492 e. The Balaban J connectivity index is 2.10. The van der Waals surface area contributed by atoms with Crippen LogP contribution in [0, 0.1) is 0 Å². The maximum atomic E-state index is 14.2. The molecule has 3 rings (SSSR count). The molecule has 0 aliphatic rings. The molecule has 0 spiro atoms. The number of thioether (sulfide) groups is 1. The van der Waals surface area contributed by atoms with Crippen molar-refractivity contribution < 1.29 is 22.7 Å². The molecule has 10 heteroatoms. The zero-order chi connectivity index (χ0) is 30.7. The molecule has 0 fully saturated rings. The number of amides is 2. The molecule has 2 amide bonds. The second kappa shape index (κ2) is 15.7. The van der Waals surface area contributed by atoms with E-state index in [2.05, 4.69) is 5.32 Å². The normalized spacial score (nSPS) is 12.7. The van der Waals surface area contributed by atoms with Crippen LogP contribution in [-0.2, 0) is 26.2 Å². The predicted octanol–water partition coefficient (Wildman–Crippen LogP) is 5.72. The highest BCUT2D eigenvalue weighted by atomic mass is 32.2. The number of ether oxygens (including phenoxy) is 1. The highest BCUT2D eigenvalue weighted by Crippen LogP contribution is 2.33. The molecular formula is C32H41N3O5S2. The van der Waals surface area contributed by atoms with Crippen molar-refractivity contribution in [2.75, 3.05) is 23.7 Å². The standard InChI is InChI=1S/C32H41N3O5S2/c1-6-24(4)33-32(37)28(7-2)34(22-25-14-10-9-11-15-25)31(36)23-35(29-16-12-13-17-30(29)40-8-3)42(38,39)27-20-18-26(41-5)19-21-27/h9-21,24,28H,6-8,22-23H2,1-5H3,(H,33,37)/t24-,28+/m1/s1. The number of rotatable bonds is 15. The van der Waals surface area contributed by atoms with E-state index in [0.29, 0.717) is 18.8 Å². The number of hydrogen-bond acceptors (Lipinski definition) is 6. The molecule has 0 aromatic heterocycles. The van der Waals surface area contributed by atoms with Crippen molar-refractivity contribution in [2.45, 2.75) is 69.0 Å². The smallest absolute Gasteiger partial charge is 0.264 e. The first-order valence-corrected chi connectivity index (χ1v) is 16.8. The van der Waals surface area contributed by atoms with Crippen molar-refractivity contribution in [3.05, 3.63) is 84.4 Å². The van der Waals surface area contributed by atoms with Crippen molar-refractivity contribution in [2.24, 2.45) is 0 Å². The van der Waals surface area contributed by atoms with Gasteiger partial charge in [0.1, 0.15) is 18.3 Å². The van der Waals surface area contributed by atoms with E-state index in [0.717, 1.165) is 21.2 Å². The van der Waals surface area contributed by atoms with Crippen LogP contribution in [0.15, 0.2) is 88.7 Å². The van der Waals surface area contributed by atoms with Crippen LogP contribution in [0.5, 0.6) is 5.75 Å². The summed E-state index contributed by atoms with van der Waals surface area (Å²) in [5.74, 6) is -0.429. The van der Waals surface area contributed by atoms with E-state index < -0.39 is 28.5 Å². The number of nitrogens with zero attached hydrogens (tertiary/aromatic N) is 2. The number of sulfonamides is 1. The van der Waals surface area contributed by atoms with Crippen molar-refractivity contribution in [1.29, 1.82) is 0 Å². The average Bonchev–Trinajstić information content (AvgIpc) is 3.00. The Morgan fingerprint density at radius 1 is 0.905 bits per heavy atom. The summed E-state index contributed by atoms with van der Waals surface area (Å²) in [5.41, 5.74) is 1.08. The number of carbonyl (C=O) groups is 2. The summed E-state index contributed by atoms with van der Waals surface area (Å²) in [4.78, 5) is 30.1. The lowest BCUT2D eigenvalue weighted by atomic mass is 10.1. The van der Waals surface area contributed by atoms with Gasteiger partial charge in [-0.25, -0.2) is 8.42 Å². The number of carbonyl (C=O) groups excluding carboxylic acids is 2. The van der Waals surface area contributed by atoms with Crippen LogP contribution in [0.1, 0.15) is 46.1 Å². The van der Waals surface area contributed by atoms with E-state index >= 15 is 0 Å². The Morgan fingerprint density at radius 3 is 2.14 bits per heavy atom. The third kappa shape index (κ3) is 8.29. The zero-order valence-electron chi connectivity index (χ0n) is 24.9. The van der Waals surface area contributed by atoms with Crippen LogP contribution in [0.3, 0.4) is 0 Å². The van der Waals surface area contributed by atoms with Gasteiger partial charge in [0, 0.05) is 17.5 Å². The molecule has 0 bridgehead atoms. The molecule has 0 saturated heterocycles. The fourth-order valence-electron chi connectivity index (χ4n) is 4.47. The molecule has 1 N–H and O–H groups in total. The lowest BCUT2D eigenvalue weighted by Gasteiger charge is -2.34. The lowest BCUT2D eigenvalue weighted by molar-refractivity contribution is -0.140. The first-order chi connectivity index (χ1) is 20.2. The summed E-state index contributed by atoms with van der Waals surface area (Å²) in [7, 11) is -4.20. The van der Waals surface area contributed by atoms with Gasteiger partial charge in [0.2, 0.25) is 11.8 Å². The van der Waals surface area contributed by atoms with Gasteiger partial charge in [0.15, 0.2) is 0 Å². The molecule has 0 saturated carbocycles. The summed E-state index contributed by atoms with van der Waals surface area (Å²) >= 11 is 1.50. The van der Waals surface area contributed by atoms with Crippen LogP contribution in [0.2, 0.25) is 0 Å². The average molecular weight is 612 g/mol. The highest BCUT2D eigenvalue weighted by Gasteiger charge is 2.35. The third-order valence-corrected chi connectivity index (χ3v) is 9.46. The van der Waals surface area contributed by atoms with E-state index in [-0.39, 0.29) is 29.1 Å². The van der Waals surface area contributed by atoms with Crippen LogP contribution in [0.4, 0.5) is 5.69 Å². The van der Waals surface area contributed by atoms with Gasteiger partial charge in [-0.1, -0.05) is 56.3 Å². The van der Waals surface area contributed by atoms with E-state index in [9.17, 15) is 18.0 Å². The van der Waals surface area contributed by atoms with Gasteiger partial charge in [-0.3, -0.25) is 13.9 Å². The fourth-order valence-corrected chi connectivity index (χ4v) is 6.30. The van der Waals surface area contributed by atoms with Gasteiger partial charge < -0.3 is 15.0 Å². The summed E-state index contributed by atoms with van der Waals surface area (Å²) in [6.07, 6.45) is 3.01. The summed E-state index contributed by atoms with van der Waals surface area (Å²) < 4.78 is 35.2. The summed E-state index contributed by atoms with van der Waals surface area (Å²) in [6.45, 7) is 7.49. The number of hydrogen-bond donors (Lipinski definition) is 1. The van der Waals surface area contributed by atoms with Gasteiger partial charge in [-0.2, -0.15) is 0 Å². The predicted molar refractivity (Wildman–Crippen MR) is 169 cm³/mol. The molecule has 3 aromatic carbocycles. The molecular weight excluding hydrogens is 571 g/mol. The quantitative estimate of drug-likeness (QED) is 0.221. The molecule has 0 aliphatic carbocycles. The molecule has 0 radical (unpaired) electrons. The van der Waals surface area contributed by atoms with Gasteiger partial charge in [0.25, 0.3) is 10.0 Å². The number of anilines is 1. The Hall–Kier alpha value is -3.50. The van der Waals surface area contributed by atoms with Crippen LogP contribution in [0.25, 0.3) is 0 Å². The summed E-state index contributed by atoms with van der Waals surface area (Å²) in [5, 5.41) is 2.99. The Morgan fingerprint density at radius 2 is 1.55 bits per heavy atom. The molecule has 0 aliphatic heterocycles. The van der Waals surface area contributed by atoms with Gasteiger partial charge in [-0.05, 0) is 74.9 Å². The van der Waals surface area contributed by atoms with E-state index in [1.54, 1.807) is 36.4 Å². The van der Waals surface area contributed by atoms with Gasteiger partial charge in [-0.15, -0.1) is 11.8 Å². The van der Waals surface area contributed by atoms with Crippen LogP contribution in [-0.4, -0.2) is 56.6 Å². The van der Waals surface area contributed by atoms with Crippen molar-refractivity contribution >= 4 is 39.3 Å². The van der Waals surface area contributed by atoms with Crippen LogP contribution >= 0.6 is 11.8 Å². The SMILES string of the molecule is CCOc1ccccc1N(CC(=O)N(Cc1ccccc1)[C@@H](CC)C(=O)N[C@H](C)CC)S(=O)(=O)c1ccc(SC)cc1. The molecule has 3 aromatic rings. The molecule has 2 atom stereocenters. The minimum absolute atomic E-state index is 0.0515. The number of nitrogens with one attached hydrogen (secondary N) is 1. The number of para-hydroxylation sites is 2. The Kier molecular flexibility index (Phi) is 12.3. The molecule has 226 valence electrons. The van der Waals surface area contributed by atoms with Crippen molar-refractivity contribution in [3.8, 4) is 5.75 Å². The topological polar surface area (TPSA) is 96.0 Å². The van der Waals surface area contributed by atoms with Crippen molar-refractivity contribution in [1.82, 2.24) is 10.2 Å². The molecule has 42 heavy (non-hydrogen) atoms. The highest BCUT2D eigenvalue weighted by molar-refractivity contribution is 7.98. The molecule has 8 nitrogen and oxygen atoms in total. The Bertz CT molecular complexity index is 1420. The maximum Gasteiger partial charge on any atom is 0.264 e. The number of benzene rings is 3. The molecule has 0 unspecified atom stereocenters. The first-order valence-electron chi connectivity index (χ1n) is 14.2. The van der Waals surface area contributed by atoms with E-state index in [1.807, 2.05) is 64.3 Å². The van der Waals surface area contributed by atoms with Gasteiger partial charge >= 0.3 is 0 Å². The fraction of sp³-hybridized carbons (Fsp3) is 0.375. The van der Waals surface area contributed by atoms with E-state index in [1.165, 1.54) is 28.8 Å². The molecule has 0 heterocycles. The second-order valence-corrected chi connectivity index (χ2v) is 12.6. The zero-order valence-corrected chi connectivity index (χ0v) is 26.6.